The van der Waals surface area contributed by atoms with Crippen molar-refractivity contribution in [2.24, 2.45) is 4.99 Å². The molecule has 0 radical (unpaired) electrons. The number of aliphatic imine (C=N–C) groups is 1. The number of esters is 1. The lowest BCUT2D eigenvalue weighted by Crippen LogP contribution is -2.09. The number of carbonyl (C=O) groups is 1. The van der Waals surface area contributed by atoms with Gasteiger partial charge in [0.15, 0.2) is 11.3 Å². The van der Waals surface area contributed by atoms with Crippen LogP contribution in [0.5, 0.6) is 11.5 Å². The van der Waals surface area contributed by atoms with E-state index < -0.39 is 5.97 Å². The number of nitrogens with zero attached hydrogens (tertiary/aromatic N) is 1. The van der Waals surface area contributed by atoms with Crippen molar-refractivity contribution in [3.05, 3.63) is 106 Å². The molecular weight excluding hydrogens is 486 g/mol. The van der Waals surface area contributed by atoms with Crippen LogP contribution in [0.1, 0.15) is 48.6 Å². The first-order valence-electron chi connectivity index (χ1n) is 12.7. The quantitative estimate of drug-likeness (QED) is 0.0988. The Bertz CT molecular complexity index is 1370. The van der Waals surface area contributed by atoms with Gasteiger partial charge in [0.1, 0.15) is 18.1 Å². The molecule has 0 spiro atoms. The normalized spacial score (nSPS) is 11.6. The van der Waals surface area contributed by atoms with E-state index in [1.165, 1.54) is 7.11 Å². The minimum atomic E-state index is -0.629. The highest BCUT2D eigenvalue weighted by Crippen LogP contribution is 2.35. The van der Waals surface area contributed by atoms with E-state index in [9.17, 15) is 4.79 Å². The molecule has 0 amide bonds. The third kappa shape index (κ3) is 8.48. The Morgan fingerprint density at radius 2 is 1.62 bits per heavy atom. The predicted octanol–water partition coefficient (Wildman–Crippen LogP) is 7.96. The zero-order valence-corrected chi connectivity index (χ0v) is 23.9. The van der Waals surface area contributed by atoms with E-state index in [0.29, 0.717) is 11.3 Å². The van der Waals surface area contributed by atoms with Crippen molar-refractivity contribution < 1.29 is 19.0 Å². The molecule has 5 heteroatoms. The van der Waals surface area contributed by atoms with Gasteiger partial charge in [0.25, 0.3) is 0 Å². The van der Waals surface area contributed by atoms with Crippen molar-refractivity contribution in [3.8, 4) is 23.8 Å². The van der Waals surface area contributed by atoms with Gasteiger partial charge in [0.05, 0.1) is 7.11 Å². The number of allylic oxidation sites excluding steroid dienone is 2. The highest BCUT2D eigenvalue weighted by molar-refractivity contribution is 6.01. The molecule has 3 aromatic carbocycles. The van der Waals surface area contributed by atoms with Gasteiger partial charge in [0.2, 0.25) is 0 Å². The maximum Gasteiger partial charge on any atom is 0.350 e. The number of methoxy groups -OCH3 is 1. The number of rotatable bonds is 8. The second-order valence-corrected chi connectivity index (χ2v) is 8.63. The Kier molecular flexibility index (Phi) is 12.3. The monoisotopic (exact) mass is 523 g/mol. The van der Waals surface area contributed by atoms with Gasteiger partial charge >= 0.3 is 5.97 Å². The van der Waals surface area contributed by atoms with Gasteiger partial charge in [-0.25, -0.2) is 4.79 Å². The number of hydrogen-bond donors (Lipinski definition) is 0. The molecule has 5 nitrogen and oxygen atoms in total. The highest BCUT2D eigenvalue weighted by Gasteiger charge is 2.22. The van der Waals surface area contributed by atoms with Crippen molar-refractivity contribution in [1.82, 2.24) is 0 Å². The standard InChI is InChI=1S/C31H30O4.C3H7N/c1-7-21(3)28-19-25(35-29-22(4)13-12-14-23(29)5)17-18-27(28)30(26(8-2)31(32)33-6)34-20-24-15-10-9-11-16-24;1-3-4-2/h2,7,9-19H,20H2,1,3-6H3;3H,1-2H3/b21-7-,30-26-;. The fourth-order valence-electron chi connectivity index (χ4n) is 3.68. The number of ether oxygens (including phenoxy) is 3. The SMILES string of the molecule is C#C/C(C(=O)OC)=C(/OCc1ccccc1)c1ccc(Oc2c(C)cccc2C)cc1/C(C)=C\C.CC=NC. The predicted molar refractivity (Wildman–Crippen MR) is 161 cm³/mol. The molecule has 3 rings (SSSR count). The van der Waals surface area contributed by atoms with Crippen LogP contribution in [0.25, 0.3) is 11.3 Å². The van der Waals surface area contributed by atoms with Crippen LogP contribution < -0.4 is 4.74 Å². The highest BCUT2D eigenvalue weighted by atomic mass is 16.5. The van der Waals surface area contributed by atoms with E-state index in [-0.39, 0.29) is 17.9 Å². The molecule has 0 saturated heterocycles. The van der Waals surface area contributed by atoms with Crippen LogP contribution in [0.2, 0.25) is 0 Å². The summed E-state index contributed by atoms with van der Waals surface area (Å²) in [5.41, 5.74) is 5.58. The summed E-state index contributed by atoms with van der Waals surface area (Å²) in [5.74, 6) is 3.62. The van der Waals surface area contributed by atoms with Gasteiger partial charge in [-0.1, -0.05) is 60.5 Å². The molecule has 0 atom stereocenters. The third-order valence-corrected chi connectivity index (χ3v) is 5.97. The summed E-state index contributed by atoms with van der Waals surface area (Å²) < 4.78 is 17.4. The first-order valence-corrected chi connectivity index (χ1v) is 12.7. The molecule has 3 aromatic rings. The summed E-state index contributed by atoms with van der Waals surface area (Å²) in [5, 5.41) is 0. The Hall–Kier alpha value is -4.56. The molecule has 202 valence electrons. The molecule has 0 aliphatic heterocycles. The van der Waals surface area contributed by atoms with Crippen molar-refractivity contribution in [2.45, 2.75) is 41.2 Å². The maximum atomic E-state index is 12.6. The van der Waals surface area contributed by atoms with Gasteiger partial charge in [-0.3, -0.25) is 0 Å². The lowest BCUT2D eigenvalue weighted by atomic mass is 9.96. The molecule has 0 aromatic heterocycles. The average Bonchev–Trinajstić information content (AvgIpc) is 2.97. The summed E-state index contributed by atoms with van der Waals surface area (Å²) in [6, 6.07) is 21.4. The second kappa shape index (κ2) is 15.6. The zero-order valence-electron chi connectivity index (χ0n) is 23.9. The summed E-state index contributed by atoms with van der Waals surface area (Å²) >= 11 is 0. The summed E-state index contributed by atoms with van der Waals surface area (Å²) in [6.45, 7) is 10.1. The van der Waals surface area contributed by atoms with Gasteiger partial charge in [-0.05, 0) is 86.9 Å². The lowest BCUT2D eigenvalue weighted by molar-refractivity contribution is -0.135. The Morgan fingerprint density at radius 1 is 0.974 bits per heavy atom. The van der Waals surface area contributed by atoms with Crippen molar-refractivity contribution in [3.63, 3.8) is 0 Å². The van der Waals surface area contributed by atoms with Crippen LogP contribution in [-0.4, -0.2) is 26.3 Å². The summed E-state index contributed by atoms with van der Waals surface area (Å²) in [6.07, 6.45) is 9.49. The van der Waals surface area contributed by atoms with Crippen LogP contribution >= 0.6 is 0 Å². The first-order chi connectivity index (χ1) is 18.8. The summed E-state index contributed by atoms with van der Waals surface area (Å²) in [7, 11) is 3.05. The number of terminal acetylenes is 1. The van der Waals surface area contributed by atoms with Crippen LogP contribution in [0.3, 0.4) is 0 Å². The molecular formula is C34H37NO4. The minimum Gasteiger partial charge on any atom is -0.487 e. The largest absolute Gasteiger partial charge is 0.487 e. The van der Waals surface area contributed by atoms with E-state index >= 15 is 0 Å². The smallest absolute Gasteiger partial charge is 0.350 e. The van der Waals surface area contributed by atoms with Gasteiger partial charge in [0, 0.05) is 12.6 Å². The molecule has 0 heterocycles. The van der Waals surface area contributed by atoms with E-state index in [1.54, 1.807) is 13.3 Å². The van der Waals surface area contributed by atoms with E-state index in [0.717, 1.165) is 33.6 Å². The van der Waals surface area contributed by atoms with E-state index in [2.05, 4.69) is 10.9 Å². The minimum absolute atomic E-state index is 0.0250. The van der Waals surface area contributed by atoms with Crippen LogP contribution in [0.15, 0.2) is 83.4 Å². The molecule has 0 aliphatic carbocycles. The Morgan fingerprint density at radius 3 is 2.15 bits per heavy atom. The number of aryl methyl sites for hydroxylation is 2. The molecule has 0 aliphatic rings. The average molecular weight is 524 g/mol. The van der Waals surface area contributed by atoms with Gasteiger partial charge in [-0.2, -0.15) is 0 Å². The molecule has 0 saturated carbocycles. The van der Waals surface area contributed by atoms with Crippen molar-refractivity contribution in [1.29, 1.82) is 0 Å². The molecule has 0 unspecified atom stereocenters. The molecule has 39 heavy (non-hydrogen) atoms. The molecule has 0 N–H and O–H groups in total. The van der Waals surface area contributed by atoms with E-state index in [4.69, 9.17) is 20.6 Å². The number of benzene rings is 3. The maximum absolute atomic E-state index is 12.6. The van der Waals surface area contributed by atoms with Crippen LogP contribution in [0, 0.1) is 26.2 Å². The van der Waals surface area contributed by atoms with Crippen LogP contribution in [-0.2, 0) is 20.9 Å². The fraction of sp³-hybridized carbons (Fsp3) is 0.235. The summed E-state index contributed by atoms with van der Waals surface area (Å²) in [4.78, 5) is 16.2. The number of hydrogen-bond acceptors (Lipinski definition) is 5. The first kappa shape index (κ1) is 30.7. The number of carbonyl (C=O) groups excluding carboxylic acids is 1. The second-order valence-electron chi connectivity index (χ2n) is 8.63. The van der Waals surface area contributed by atoms with Crippen LogP contribution in [0.4, 0.5) is 0 Å². The fourth-order valence-corrected chi connectivity index (χ4v) is 3.68. The van der Waals surface area contributed by atoms with E-state index in [1.807, 2.05) is 107 Å². The third-order valence-electron chi connectivity index (χ3n) is 5.97. The Labute approximate surface area is 232 Å². The van der Waals surface area contributed by atoms with Gasteiger partial charge < -0.3 is 19.2 Å². The lowest BCUT2D eigenvalue weighted by Gasteiger charge is -2.19. The topological polar surface area (TPSA) is 57.1 Å². The zero-order chi connectivity index (χ0) is 28.8. The van der Waals surface area contributed by atoms with Gasteiger partial charge in [-0.15, -0.1) is 6.42 Å². The molecule has 0 fully saturated rings. The van der Waals surface area contributed by atoms with Crippen molar-refractivity contribution in [2.75, 3.05) is 14.2 Å². The number of para-hydroxylation sites is 1. The molecule has 0 bridgehead atoms. The Balaban J connectivity index is 0.00000124. The van der Waals surface area contributed by atoms with Crippen molar-refractivity contribution >= 4 is 23.5 Å².